The first-order valence-electron chi connectivity index (χ1n) is 7.14. The fourth-order valence-corrected chi connectivity index (χ4v) is 3.93. The van der Waals surface area contributed by atoms with E-state index in [0.717, 1.165) is 22.8 Å². The van der Waals surface area contributed by atoms with E-state index in [9.17, 15) is 0 Å². The van der Waals surface area contributed by atoms with Crippen LogP contribution in [0.25, 0.3) is 11.4 Å². The van der Waals surface area contributed by atoms with E-state index in [0.29, 0.717) is 24.4 Å². The molecule has 1 saturated heterocycles. The Labute approximate surface area is 128 Å². The summed E-state index contributed by atoms with van der Waals surface area (Å²) in [5.74, 6) is 4.47. The largest absolute Gasteiger partial charge is 0.493 e. The molecule has 0 spiro atoms. The van der Waals surface area contributed by atoms with Gasteiger partial charge in [-0.3, -0.25) is 0 Å². The first-order chi connectivity index (χ1) is 10.3. The maximum Gasteiger partial charge on any atom is 0.232 e. The van der Waals surface area contributed by atoms with Crippen molar-refractivity contribution in [2.45, 2.75) is 18.9 Å². The van der Waals surface area contributed by atoms with E-state index in [2.05, 4.69) is 15.5 Å². The van der Waals surface area contributed by atoms with Gasteiger partial charge in [0.2, 0.25) is 11.7 Å². The van der Waals surface area contributed by atoms with Crippen LogP contribution in [0.5, 0.6) is 5.75 Å². The van der Waals surface area contributed by atoms with Crippen molar-refractivity contribution in [1.82, 2.24) is 15.5 Å². The number of aromatic nitrogens is 2. The first kappa shape index (κ1) is 14.4. The number of para-hydroxylation sites is 1. The van der Waals surface area contributed by atoms with Gasteiger partial charge in [-0.2, -0.15) is 16.7 Å². The molecule has 2 unspecified atom stereocenters. The molecule has 2 heterocycles. The Morgan fingerprint density at radius 1 is 1.38 bits per heavy atom. The number of ether oxygens (including phenoxy) is 1. The van der Waals surface area contributed by atoms with Gasteiger partial charge in [0.05, 0.1) is 18.1 Å². The van der Waals surface area contributed by atoms with Crippen LogP contribution in [0.15, 0.2) is 28.8 Å². The highest BCUT2D eigenvalue weighted by Crippen LogP contribution is 2.34. The van der Waals surface area contributed by atoms with Crippen molar-refractivity contribution in [2.75, 3.05) is 25.2 Å². The number of rotatable bonds is 5. The molecule has 6 heteroatoms. The van der Waals surface area contributed by atoms with Gasteiger partial charge in [-0.05, 0) is 26.1 Å². The van der Waals surface area contributed by atoms with Crippen molar-refractivity contribution < 1.29 is 9.26 Å². The fraction of sp³-hybridized carbons (Fsp3) is 0.467. The maximum atomic E-state index is 5.63. The average Bonchev–Trinajstić information content (AvgIpc) is 3.16. The van der Waals surface area contributed by atoms with Crippen LogP contribution in [0.1, 0.15) is 18.7 Å². The lowest BCUT2D eigenvalue weighted by Gasteiger charge is -2.13. The molecule has 2 atom stereocenters. The lowest BCUT2D eigenvalue weighted by molar-refractivity contribution is 0.338. The molecule has 0 saturated carbocycles. The Morgan fingerprint density at radius 2 is 2.24 bits per heavy atom. The Kier molecular flexibility index (Phi) is 4.45. The van der Waals surface area contributed by atoms with Crippen LogP contribution in [0.2, 0.25) is 0 Å². The van der Waals surface area contributed by atoms with Crippen molar-refractivity contribution in [3.05, 3.63) is 30.2 Å². The number of nitrogens with zero attached hydrogens (tertiary/aromatic N) is 2. The molecular formula is C15H19N3O2S. The summed E-state index contributed by atoms with van der Waals surface area (Å²) in [6.07, 6.45) is 0. The zero-order valence-electron chi connectivity index (χ0n) is 12.2. The van der Waals surface area contributed by atoms with E-state index in [-0.39, 0.29) is 5.92 Å². The molecule has 21 heavy (non-hydrogen) atoms. The molecule has 3 rings (SSSR count). The Balaban J connectivity index is 1.88. The first-order valence-corrected chi connectivity index (χ1v) is 8.29. The molecule has 0 radical (unpaired) electrons. The number of thioether (sulfide) groups is 1. The monoisotopic (exact) mass is 305 g/mol. The number of nitrogens with one attached hydrogen (secondary N) is 1. The average molecular weight is 305 g/mol. The third-order valence-corrected chi connectivity index (χ3v) is 4.83. The summed E-state index contributed by atoms with van der Waals surface area (Å²) >= 11 is 1.91. The van der Waals surface area contributed by atoms with E-state index in [1.54, 1.807) is 0 Å². The van der Waals surface area contributed by atoms with Crippen molar-refractivity contribution in [2.24, 2.45) is 0 Å². The van der Waals surface area contributed by atoms with Crippen molar-refractivity contribution >= 4 is 11.8 Å². The summed E-state index contributed by atoms with van der Waals surface area (Å²) < 4.78 is 11.1. The van der Waals surface area contributed by atoms with Crippen LogP contribution in [-0.4, -0.2) is 41.3 Å². The van der Waals surface area contributed by atoms with E-state index in [1.807, 2.05) is 50.0 Å². The fourth-order valence-electron chi connectivity index (χ4n) is 2.51. The quantitative estimate of drug-likeness (QED) is 0.916. The van der Waals surface area contributed by atoms with E-state index in [1.165, 1.54) is 0 Å². The molecule has 1 aliphatic rings. The summed E-state index contributed by atoms with van der Waals surface area (Å²) in [5, 5.41) is 7.46. The minimum Gasteiger partial charge on any atom is -0.493 e. The van der Waals surface area contributed by atoms with Crippen molar-refractivity contribution in [1.29, 1.82) is 0 Å². The molecule has 0 amide bonds. The summed E-state index contributed by atoms with van der Waals surface area (Å²) in [5.41, 5.74) is 0.876. The van der Waals surface area contributed by atoms with Crippen molar-refractivity contribution in [3.8, 4) is 17.1 Å². The predicted molar refractivity (Wildman–Crippen MR) is 83.8 cm³/mol. The molecular weight excluding hydrogens is 286 g/mol. The molecule has 2 aromatic rings. The number of hydrogen-bond acceptors (Lipinski definition) is 6. The summed E-state index contributed by atoms with van der Waals surface area (Å²) in [6.45, 7) is 2.58. The highest BCUT2D eigenvalue weighted by Gasteiger charge is 2.32. The second kappa shape index (κ2) is 6.49. The third-order valence-electron chi connectivity index (χ3n) is 3.64. The third kappa shape index (κ3) is 2.91. The predicted octanol–water partition coefficient (Wildman–Crippen LogP) is 2.55. The summed E-state index contributed by atoms with van der Waals surface area (Å²) in [4.78, 5) is 4.59. The van der Waals surface area contributed by atoms with Crippen LogP contribution >= 0.6 is 11.8 Å². The van der Waals surface area contributed by atoms with Gasteiger partial charge in [0.1, 0.15) is 5.75 Å². The maximum absolute atomic E-state index is 5.63. The molecule has 1 N–H and O–H groups in total. The zero-order chi connectivity index (χ0) is 14.7. The number of benzene rings is 1. The van der Waals surface area contributed by atoms with Gasteiger partial charge in [-0.25, -0.2) is 0 Å². The van der Waals surface area contributed by atoms with Crippen LogP contribution < -0.4 is 10.1 Å². The second-order valence-corrected chi connectivity index (χ2v) is 6.00. The van der Waals surface area contributed by atoms with Gasteiger partial charge in [0.15, 0.2) is 0 Å². The van der Waals surface area contributed by atoms with E-state index in [4.69, 9.17) is 9.26 Å². The van der Waals surface area contributed by atoms with Gasteiger partial charge in [-0.15, -0.1) is 0 Å². The zero-order valence-corrected chi connectivity index (χ0v) is 13.0. The van der Waals surface area contributed by atoms with Gasteiger partial charge >= 0.3 is 0 Å². The standard InChI is InChI=1S/C15H19N3O2S/c1-3-19-13-7-5-4-6-10(13)14-17-15(20-18-14)11-8-21-9-12(11)16-2/h4-7,11-12,16H,3,8-9H2,1-2H3. The molecule has 5 nitrogen and oxygen atoms in total. The number of hydrogen-bond donors (Lipinski definition) is 1. The molecule has 1 aromatic carbocycles. The van der Waals surface area contributed by atoms with E-state index >= 15 is 0 Å². The number of likely N-dealkylation sites (N-methyl/N-ethyl adjacent to an activating group) is 1. The molecule has 112 valence electrons. The Bertz CT molecular complexity index is 602. The van der Waals surface area contributed by atoms with Gasteiger partial charge in [0.25, 0.3) is 0 Å². The summed E-state index contributed by atoms with van der Waals surface area (Å²) in [6, 6.07) is 8.18. The van der Waals surface area contributed by atoms with Crippen LogP contribution in [0.4, 0.5) is 0 Å². The lowest BCUT2D eigenvalue weighted by Crippen LogP contribution is -2.31. The minimum absolute atomic E-state index is 0.278. The summed E-state index contributed by atoms with van der Waals surface area (Å²) in [7, 11) is 1.98. The van der Waals surface area contributed by atoms with Crippen LogP contribution in [0.3, 0.4) is 0 Å². The molecule has 0 bridgehead atoms. The van der Waals surface area contributed by atoms with Gasteiger partial charge < -0.3 is 14.6 Å². The highest BCUT2D eigenvalue weighted by molar-refractivity contribution is 7.99. The smallest absolute Gasteiger partial charge is 0.232 e. The van der Waals surface area contributed by atoms with Crippen LogP contribution in [0, 0.1) is 0 Å². The molecule has 1 aromatic heterocycles. The molecule has 1 fully saturated rings. The molecule has 1 aliphatic heterocycles. The van der Waals surface area contributed by atoms with Crippen molar-refractivity contribution in [3.63, 3.8) is 0 Å². The minimum atomic E-state index is 0.278. The topological polar surface area (TPSA) is 60.2 Å². The van der Waals surface area contributed by atoms with E-state index < -0.39 is 0 Å². The normalized spacial score (nSPS) is 21.6. The highest BCUT2D eigenvalue weighted by atomic mass is 32.2. The van der Waals surface area contributed by atoms with Gasteiger partial charge in [0, 0.05) is 17.5 Å². The Hall–Kier alpha value is -1.53. The van der Waals surface area contributed by atoms with Crippen LogP contribution in [-0.2, 0) is 0 Å². The lowest BCUT2D eigenvalue weighted by atomic mass is 10.0. The molecule has 0 aliphatic carbocycles. The second-order valence-electron chi connectivity index (χ2n) is 4.92. The Morgan fingerprint density at radius 3 is 3.05 bits per heavy atom. The SMILES string of the molecule is CCOc1ccccc1-c1noc(C2CSCC2NC)n1. The van der Waals surface area contributed by atoms with Gasteiger partial charge in [-0.1, -0.05) is 17.3 Å².